The van der Waals surface area contributed by atoms with Gasteiger partial charge < -0.3 is 5.32 Å². The maximum Gasteiger partial charge on any atom is 0.0638 e. The van der Waals surface area contributed by atoms with Crippen molar-refractivity contribution in [1.82, 2.24) is 20.1 Å². The number of nitrogens with one attached hydrogen (secondary N) is 1. The molecule has 0 bridgehead atoms. The first-order valence-electron chi connectivity index (χ1n) is 5.79. The van der Waals surface area contributed by atoms with Gasteiger partial charge in [0.05, 0.1) is 5.69 Å². The van der Waals surface area contributed by atoms with E-state index in [1.165, 1.54) is 11.1 Å². The Hall–Kier alpha value is -1.68. The molecule has 1 N–H and O–H groups in total. The first-order valence-corrected chi connectivity index (χ1v) is 5.79. The van der Waals surface area contributed by atoms with Crippen LogP contribution in [0.25, 0.3) is 0 Å². The Labute approximate surface area is 102 Å². The van der Waals surface area contributed by atoms with Crippen molar-refractivity contribution in [3.63, 3.8) is 0 Å². The molecular formula is C13H18N4. The van der Waals surface area contributed by atoms with Crippen LogP contribution in [0.15, 0.2) is 30.7 Å². The van der Waals surface area contributed by atoms with Crippen molar-refractivity contribution in [3.8, 4) is 0 Å². The van der Waals surface area contributed by atoms with Crippen LogP contribution in [0.4, 0.5) is 0 Å². The number of aromatic nitrogens is 3. The normalized spacial score (nSPS) is 12.6. The zero-order valence-corrected chi connectivity index (χ0v) is 10.5. The van der Waals surface area contributed by atoms with E-state index in [1.54, 1.807) is 0 Å². The predicted molar refractivity (Wildman–Crippen MR) is 67.4 cm³/mol. The lowest BCUT2D eigenvalue weighted by atomic mass is 10.1. The van der Waals surface area contributed by atoms with E-state index in [0.717, 1.165) is 12.2 Å². The summed E-state index contributed by atoms with van der Waals surface area (Å²) in [6.07, 6.45) is 5.70. The summed E-state index contributed by atoms with van der Waals surface area (Å²) in [6, 6.07) is 4.39. The lowest BCUT2D eigenvalue weighted by molar-refractivity contribution is 0.573. The fraction of sp³-hybridized carbons (Fsp3) is 0.385. The van der Waals surface area contributed by atoms with Crippen LogP contribution in [0, 0.1) is 6.92 Å². The number of hydrogen-bond donors (Lipinski definition) is 1. The maximum absolute atomic E-state index is 4.33. The molecule has 0 aliphatic heterocycles. The van der Waals surface area contributed by atoms with Crippen LogP contribution < -0.4 is 5.32 Å². The molecule has 17 heavy (non-hydrogen) atoms. The fourth-order valence-electron chi connectivity index (χ4n) is 1.86. The van der Waals surface area contributed by atoms with Gasteiger partial charge in [0.15, 0.2) is 0 Å². The standard InChI is InChI=1S/C13H18N4/c1-10(12-4-6-14-7-5-12)15-8-13-9-17(3)16-11(13)2/h4-7,9-10,15H,8H2,1-3H3/t10-/m1/s1. The van der Waals surface area contributed by atoms with Crippen LogP contribution in [-0.4, -0.2) is 14.8 Å². The van der Waals surface area contributed by atoms with Crippen molar-refractivity contribution in [2.45, 2.75) is 26.4 Å². The smallest absolute Gasteiger partial charge is 0.0638 e. The average Bonchev–Trinajstić information content (AvgIpc) is 2.66. The van der Waals surface area contributed by atoms with E-state index in [2.05, 4.69) is 28.5 Å². The third-order valence-electron chi connectivity index (χ3n) is 2.92. The SMILES string of the molecule is Cc1nn(C)cc1CN[C@H](C)c1ccncc1. The van der Waals surface area contributed by atoms with Crippen molar-refractivity contribution < 1.29 is 0 Å². The summed E-state index contributed by atoms with van der Waals surface area (Å²) in [6.45, 7) is 5.03. The molecule has 0 unspecified atom stereocenters. The molecule has 0 aromatic carbocycles. The van der Waals surface area contributed by atoms with E-state index >= 15 is 0 Å². The molecule has 2 heterocycles. The molecule has 0 spiro atoms. The van der Waals surface area contributed by atoms with Crippen molar-refractivity contribution in [2.75, 3.05) is 0 Å². The first kappa shape index (κ1) is 11.8. The Morgan fingerprint density at radius 2 is 2.06 bits per heavy atom. The minimum Gasteiger partial charge on any atom is -0.306 e. The second-order valence-electron chi connectivity index (χ2n) is 4.30. The number of rotatable bonds is 4. The molecule has 2 aromatic rings. The van der Waals surface area contributed by atoms with Gasteiger partial charge in [-0.3, -0.25) is 9.67 Å². The third-order valence-corrected chi connectivity index (χ3v) is 2.92. The topological polar surface area (TPSA) is 42.7 Å². The van der Waals surface area contributed by atoms with Crippen molar-refractivity contribution in [2.24, 2.45) is 7.05 Å². The summed E-state index contributed by atoms with van der Waals surface area (Å²) in [7, 11) is 1.95. The molecule has 0 aliphatic carbocycles. The lowest BCUT2D eigenvalue weighted by Gasteiger charge is -2.13. The first-order chi connectivity index (χ1) is 8.16. The largest absolute Gasteiger partial charge is 0.306 e. The number of hydrogen-bond acceptors (Lipinski definition) is 3. The molecule has 0 aliphatic rings. The quantitative estimate of drug-likeness (QED) is 0.873. The van der Waals surface area contributed by atoms with E-state index in [-0.39, 0.29) is 0 Å². The average molecular weight is 230 g/mol. The Kier molecular flexibility index (Phi) is 3.54. The number of aryl methyl sites for hydroxylation is 2. The second kappa shape index (κ2) is 5.10. The van der Waals surface area contributed by atoms with Gasteiger partial charge in [-0.2, -0.15) is 5.10 Å². The molecule has 90 valence electrons. The summed E-state index contributed by atoms with van der Waals surface area (Å²) in [5.74, 6) is 0. The van der Waals surface area contributed by atoms with Crippen LogP contribution in [-0.2, 0) is 13.6 Å². The van der Waals surface area contributed by atoms with Crippen LogP contribution in [0.3, 0.4) is 0 Å². The zero-order valence-electron chi connectivity index (χ0n) is 10.5. The fourth-order valence-corrected chi connectivity index (χ4v) is 1.86. The van der Waals surface area contributed by atoms with Gasteiger partial charge >= 0.3 is 0 Å². The Morgan fingerprint density at radius 1 is 1.35 bits per heavy atom. The van der Waals surface area contributed by atoms with Gasteiger partial charge in [-0.05, 0) is 31.5 Å². The highest BCUT2D eigenvalue weighted by Gasteiger charge is 2.07. The van der Waals surface area contributed by atoms with Crippen LogP contribution >= 0.6 is 0 Å². The molecule has 0 saturated heterocycles. The minimum absolute atomic E-state index is 0.317. The number of nitrogens with zero attached hydrogens (tertiary/aromatic N) is 3. The van der Waals surface area contributed by atoms with Gasteiger partial charge in [-0.25, -0.2) is 0 Å². The summed E-state index contributed by atoms with van der Waals surface area (Å²) in [5.41, 5.74) is 3.58. The summed E-state index contributed by atoms with van der Waals surface area (Å²) in [4.78, 5) is 4.02. The van der Waals surface area contributed by atoms with Gasteiger partial charge in [-0.1, -0.05) is 0 Å². The van der Waals surface area contributed by atoms with Crippen molar-refractivity contribution >= 4 is 0 Å². The van der Waals surface area contributed by atoms with Crippen molar-refractivity contribution in [3.05, 3.63) is 47.5 Å². The molecule has 1 atom stereocenters. The molecule has 4 heteroatoms. The molecule has 2 aromatic heterocycles. The predicted octanol–water partition coefficient (Wildman–Crippen LogP) is 1.97. The Morgan fingerprint density at radius 3 is 2.65 bits per heavy atom. The monoisotopic (exact) mass is 230 g/mol. The highest BCUT2D eigenvalue weighted by molar-refractivity contribution is 5.17. The van der Waals surface area contributed by atoms with E-state index in [4.69, 9.17) is 0 Å². The Balaban J connectivity index is 1.97. The second-order valence-corrected chi connectivity index (χ2v) is 4.30. The minimum atomic E-state index is 0.317. The summed E-state index contributed by atoms with van der Waals surface area (Å²) in [5, 5.41) is 7.82. The molecular weight excluding hydrogens is 212 g/mol. The summed E-state index contributed by atoms with van der Waals surface area (Å²) >= 11 is 0. The van der Waals surface area contributed by atoms with Crippen LogP contribution in [0.5, 0.6) is 0 Å². The summed E-state index contributed by atoms with van der Waals surface area (Å²) < 4.78 is 1.85. The van der Waals surface area contributed by atoms with Gasteiger partial charge in [0.1, 0.15) is 0 Å². The van der Waals surface area contributed by atoms with E-state index in [9.17, 15) is 0 Å². The molecule has 2 rings (SSSR count). The van der Waals surface area contributed by atoms with Crippen molar-refractivity contribution in [1.29, 1.82) is 0 Å². The molecule has 0 saturated carbocycles. The molecule has 0 amide bonds. The molecule has 0 fully saturated rings. The third kappa shape index (κ3) is 2.91. The van der Waals surface area contributed by atoms with Gasteiger partial charge in [0.2, 0.25) is 0 Å². The Bertz CT molecular complexity index is 475. The van der Waals surface area contributed by atoms with Crippen LogP contribution in [0.2, 0.25) is 0 Å². The number of pyridine rings is 1. The zero-order chi connectivity index (χ0) is 12.3. The van der Waals surface area contributed by atoms with Crippen LogP contribution in [0.1, 0.15) is 29.8 Å². The lowest BCUT2D eigenvalue weighted by Crippen LogP contribution is -2.18. The highest BCUT2D eigenvalue weighted by Crippen LogP contribution is 2.12. The molecule has 4 nitrogen and oxygen atoms in total. The van der Waals surface area contributed by atoms with E-state index < -0.39 is 0 Å². The maximum atomic E-state index is 4.33. The van der Waals surface area contributed by atoms with Gasteiger partial charge in [0, 0.05) is 43.8 Å². The molecule has 0 radical (unpaired) electrons. The highest BCUT2D eigenvalue weighted by atomic mass is 15.2. The van der Waals surface area contributed by atoms with Gasteiger partial charge in [0.25, 0.3) is 0 Å². The van der Waals surface area contributed by atoms with Gasteiger partial charge in [-0.15, -0.1) is 0 Å². The van der Waals surface area contributed by atoms with E-state index in [0.29, 0.717) is 6.04 Å². The van der Waals surface area contributed by atoms with E-state index in [1.807, 2.05) is 43.2 Å².